The third-order valence-corrected chi connectivity index (χ3v) is 5.31. The van der Waals surface area contributed by atoms with E-state index in [2.05, 4.69) is 20.9 Å². The smallest absolute Gasteiger partial charge is 0.178 e. The highest BCUT2D eigenvalue weighted by Crippen LogP contribution is 2.40. The van der Waals surface area contributed by atoms with Crippen LogP contribution in [0.2, 0.25) is 10.0 Å². The van der Waals surface area contributed by atoms with Gasteiger partial charge in [0.1, 0.15) is 6.10 Å². The van der Waals surface area contributed by atoms with E-state index in [-0.39, 0.29) is 12.5 Å². The van der Waals surface area contributed by atoms with E-state index in [1.165, 1.54) is 0 Å². The van der Waals surface area contributed by atoms with Gasteiger partial charge in [0.25, 0.3) is 0 Å². The van der Waals surface area contributed by atoms with E-state index in [1.807, 2.05) is 0 Å². The molecule has 0 amide bonds. The Bertz CT molecular complexity index is 694. The average Bonchev–Trinajstić information content (AvgIpc) is 2.89. The Balaban J connectivity index is 2.12. The molecule has 1 aromatic carbocycles. The van der Waals surface area contributed by atoms with E-state index in [9.17, 15) is 15.3 Å². The molecule has 1 heterocycles. The molecule has 1 saturated carbocycles. The number of benzene rings is 1. The Morgan fingerprint density at radius 1 is 1.24 bits per heavy atom. The first kappa shape index (κ1) is 15.5. The Morgan fingerprint density at radius 2 is 1.90 bits per heavy atom. The van der Waals surface area contributed by atoms with E-state index in [4.69, 9.17) is 23.2 Å². The van der Waals surface area contributed by atoms with Crippen LogP contribution >= 0.6 is 39.1 Å². The van der Waals surface area contributed by atoms with Crippen molar-refractivity contribution < 1.29 is 15.3 Å². The van der Waals surface area contributed by atoms with E-state index in [0.29, 0.717) is 32.2 Å². The van der Waals surface area contributed by atoms with Crippen molar-refractivity contribution in [3.8, 4) is 0 Å². The second-order valence-corrected chi connectivity index (χ2v) is 6.76. The third-order valence-electron chi connectivity index (χ3n) is 4.03. The number of hydrogen-bond donors (Lipinski definition) is 3. The lowest BCUT2D eigenvalue weighted by Gasteiger charge is -2.19. The van der Waals surface area contributed by atoms with Gasteiger partial charge in [-0.2, -0.15) is 0 Å². The first-order valence-corrected chi connectivity index (χ1v) is 7.98. The first-order valence-electron chi connectivity index (χ1n) is 6.43. The topological polar surface area (TPSA) is 78.5 Å². The summed E-state index contributed by atoms with van der Waals surface area (Å²) < 4.78 is 2.30. The monoisotopic (exact) mass is 394 g/mol. The number of halogens is 3. The summed E-state index contributed by atoms with van der Waals surface area (Å²) in [6, 6.07) is 2.94. The van der Waals surface area contributed by atoms with Crippen molar-refractivity contribution in [3.63, 3.8) is 0 Å². The van der Waals surface area contributed by atoms with Crippen LogP contribution in [0, 0.1) is 5.92 Å². The number of hydrogen-bond acceptors (Lipinski definition) is 4. The van der Waals surface area contributed by atoms with Gasteiger partial charge in [-0.15, -0.1) is 0 Å². The van der Waals surface area contributed by atoms with Crippen molar-refractivity contribution in [1.29, 1.82) is 0 Å². The number of nitrogens with zero attached hydrogens (tertiary/aromatic N) is 2. The van der Waals surface area contributed by atoms with Gasteiger partial charge in [0, 0.05) is 12.5 Å². The van der Waals surface area contributed by atoms with Gasteiger partial charge >= 0.3 is 0 Å². The van der Waals surface area contributed by atoms with Crippen LogP contribution in [0.1, 0.15) is 12.5 Å². The standard InChI is InChI=1S/C13H13BrCl2N2O3/c14-13-17-8-2-6(15)7(16)3-9(8)18(13)10-1-5(4-19)11(20)12(10)21/h2-3,5,10-12,19-21H,1,4H2/t5-,10?,11-,12+/m1/s1. The third kappa shape index (κ3) is 2.48. The summed E-state index contributed by atoms with van der Waals surface area (Å²) in [6.07, 6.45) is -1.50. The summed E-state index contributed by atoms with van der Waals surface area (Å²) in [5.74, 6) is -0.364. The highest BCUT2D eigenvalue weighted by Gasteiger charge is 2.43. The van der Waals surface area contributed by atoms with Gasteiger partial charge in [-0.25, -0.2) is 4.98 Å². The average molecular weight is 396 g/mol. The first-order chi connectivity index (χ1) is 9.93. The van der Waals surface area contributed by atoms with Crippen LogP contribution < -0.4 is 0 Å². The highest BCUT2D eigenvalue weighted by molar-refractivity contribution is 9.10. The molecule has 0 radical (unpaired) electrons. The molecule has 0 aliphatic heterocycles. The fourth-order valence-electron chi connectivity index (χ4n) is 2.91. The second-order valence-electron chi connectivity index (χ2n) is 5.23. The van der Waals surface area contributed by atoms with Crippen LogP contribution in [0.4, 0.5) is 0 Å². The molecule has 1 aromatic heterocycles. The second kappa shape index (κ2) is 5.68. The fraction of sp³-hybridized carbons (Fsp3) is 0.462. The van der Waals surface area contributed by atoms with Gasteiger partial charge in [-0.3, -0.25) is 0 Å². The highest BCUT2D eigenvalue weighted by atomic mass is 79.9. The van der Waals surface area contributed by atoms with Crippen LogP contribution in [0.3, 0.4) is 0 Å². The number of imidazole rings is 1. The summed E-state index contributed by atoms with van der Waals surface area (Å²) in [4.78, 5) is 4.35. The minimum absolute atomic E-state index is 0.175. The van der Waals surface area contributed by atoms with E-state index in [0.717, 1.165) is 0 Å². The molecule has 21 heavy (non-hydrogen) atoms. The van der Waals surface area contributed by atoms with Gasteiger partial charge in [0.15, 0.2) is 4.73 Å². The summed E-state index contributed by atoms with van der Waals surface area (Å²) >= 11 is 15.4. The molecule has 0 bridgehead atoms. The molecule has 1 aliphatic rings. The maximum absolute atomic E-state index is 10.2. The SMILES string of the molecule is OC[C@H]1CC(n2c(Br)nc3cc(Cl)c(Cl)cc32)[C@H](O)[C@@H]1O. The largest absolute Gasteiger partial charge is 0.396 e. The summed E-state index contributed by atoms with van der Waals surface area (Å²) in [7, 11) is 0. The number of rotatable bonds is 2. The lowest BCUT2D eigenvalue weighted by molar-refractivity contribution is -0.00386. The van der Waals surface area contributed by atoms with Gasteiger partial charge in [-0.1, -0.05) is 23.2 Å². The lowest BCUT2D eigenvalue weighted by Crippen LogP contribution is -2.30. The number of fused-ring (bicyclic) bond motifs is 1. The molecule has 3 rings (SSSR count). The predicted molar refractivity (Wildman–Crippen MR) is 83.7 cm³/mol. The predicted octanol–water partition coefficient (Wildman–Crippen LogP) is 2.38. The Kier molecular flexibility index (Phi) is 4.20. The molecule has 114 valence electrons. The minimum Gasteiger partial charge on any atom is -0.396 e. The number of aliphatic hydroxyl groups is 3. The Labute approximate surface area is 139 Å². The molecule has 2 aromatic rings. The van der Waals surface area contributed by atoms with Crippen LogP contribution in [0.5, 0.6) is 0 Å². The van der Waals surface area contributed by atoms with E-state index < -0.39 is 18.2 Å². The van der Waals surface area contributed by atoms with Gasteiger partial charge in [-0.05, 0) is 34.5 Å². The van der Waals surface area contributed by atoms with Crippen molar-refractivity contribution in [2.75, 3.05) is 6.61 Å². The van der Waals surface area contributed by atoms with Crippen molar-refractivity contribution in [2.45, 2.75) is 24.7 Å². The Morgan fingerprint density at radius 3 is 2.52 bits per heavy atom. The van der Waals surface area contributed by atoms with Crippen molar-refractivity contribution in [3.05, 3.63) is 26.9 Å². The molecule has 1 fully saturated rings. The quantitative estimate of drug-likeness (QED) is 0.729. The van der Waals surface area contributed by atoms with Crippen molar-refractivity contribution >= 4 is 50.2 Å². The molecule has 4 atom stereocenters. The van der Waals surface area contributed by atoms with Crippen LogP contribution in [-0.4, -0.2) is 43.7 Å². The zero-order valence-electron chi connectivity index (χ0n) is 10.7. The zero-order valence-corrected chi connectivity index (χ0v) is 13.8. The van der Waals surface area contributed by atoms with Crippen LogP contribution in [0.15, 0.2) is 16.9 Å². The number of aliphatic hydroxyl groups excluding tert-OH is 3. The molecule has 1 unspecified atom stereocenters. The fourth-order valence-corrected chi connectivity index (χ4v) is 3.87. The Hall–Kier alpha value is -0.370. The molecular weight excluding hydrogens is 383 g/mol. The van der Waals surface area contributed by atoms with Crippen LogP contribution in [-0.2, 0) is 0 Å². The van der Waals surface area contributed by atoms with Crippen molar-refractivity contribution in [1.82, 2.24) is 9.55 Å². The van der Waals surface area contributed by atoms with E-state index in [1.54, 1.807) is 16.7 Å². The summed E-state index contributed by atoms with van der Waals surface area (Å²) in [6.45, 7) is -0.175. The molecule has 0 spiro atoms. The van der Waals surface area contributed by atoms with E-state index >= 15 is 0 Å². The molecule has 8 heteroatoms. The maximum Gasteiger partial charge on any atom is 0.178 e. The van der Waals surface area contributed by atoms with Gasteiger partial charge in [0.2, 0.25) is 0 Å². The van der Waals surface area contributed by atoms with Gasteiger partial charge in [0.05, 0.1) is 33.2 Å². The molecule has 3 N–H and O–H groups in total. The van der Waals surface area contributed by atoms with Gasteiger partial charge < -0.3 is 19.9 Å². The molecule has 0 saturated heterocycles. The summed E-state index contributed by atoms with van der Waals surface area (Å²) in [5, 5.41) is 30.3. The zero-order chi connectivity index (χ0) is 15.3. The molecule has 5 nitrogen and oxygen atoms in total. The summed E-state index contributed by atoms with van der Waals surface area (Å²) in [5.41, 5.74) is 1.36. The molecular formula is C13H13BrCl2N2O3. The minimum atomic E-state index is -0.981. The maximum atomic E-state index is 10.2. The normalized spacial score (nSPS) is 29.4. The lowest BCUT2D eigenvalue weighted by atomic mass is 10.1. The number of aromatic nitrogens is 2. The van der Waals surface area contributed by atoms with Crippen LogP contribution in [0.25, 0.3) is 11.0 Å². The van der Waals surface area contributed by atoms with Crippen molar-refractivity contribution in [2.24, 2.45) is 5.92 Å². The molecule has 1 aliphatic carbocycles.